The van der Waals surface area contributed by atoms with E-state index in [9.17, 15) is 9.90 Å². The first-order valence-electron chi connectivity index (χ1n) is 9.23. The van der Waals surface area contributed by atoms with Gasteiger partial charge in [-0.25, -0.2) is 4.68 Å². The number of hydrogen-bond acceptors (Lipinski definition) is 5. The van der Waals surface area contributed by atoms with Gasteiger partial charge >= 0.3 is 5.97 Å². The summed E-state index contributed by atoms with van der Waals surface area (Å²) in [6.45, 7) is 7.24. The van der Waals surface area contributed by atoms with Crippen molar-refractivity contribution in [3.8, 4) is 5.69 Å². The molecule has 0 amide bonds. The summed E-state index contributed by atoms with van der Waals surface area (Å²) in [6.07, 6.45) is 1.52. The first kappa shape index (κ1) is 17.5. The van der Waals surface area contributed by atoms with E-state index in [1.54, 1.807) is 0 Å². The molecule has 140 valence electrons. The SMILES string of the molecule is Cc1ccc(-n2nc3c(N4CCCC(C(=O)O)C4)nnc(C)c3c2C)cc1. The number of aromatic nitrogens is 4. The summed E-state index contributed by atoms with van der Waals surface area (Å²) in [5.74, 6) is -0.454. The number of piperidine rings is 1. The maximum absolute atomic E-state index is 11.4. The first-order chi connectivity index (χ1) is 13.0. The molecule has 1 aliphatic heterocycles. The highest BCUT2D eigenvalue weighted by molar-refractivity contribution is 5.92. The van der Waals surface area contributed by atoms with Gasteiger partial charge in [0.15, 0.2) is 5.82 Å². The molecule has 1 saturated heterocycles. The molecule has 2 aromatic heterocycles. The van der Waals surface area contributed by atoms with Gasteiger partial charge in [-0.15, -0.1) is 5.10 Å². The van der Waals surface area contributed by atoms with Gasteiger partial charge in [-0.3, -0.25) is 4.79 Å². The van der Waals surface area contributed by atoms with Crippen molar-refractivity contribution in [2.45, 2.75) is 33.6 Å². The zero-order valence-corrected chi connectivity index (χ0v) is 15.8. The third kappa shape index (κ3) is 3.03. The Balaban J connectivity index is 1.83. The Morgan fingerprint density at radius 2 is 1.89 bits per heavy atom. The van der Waals surface area contributed by atoms with Crippen LogP contribution in [0.25, 0.3) is 16.6 Å². The molecule has 0 radical (unpaired) electrons. The summed E-state index contributed by atoms with van der Waals surface area (Å²) >= 11 is 0. The Hall–Kier alpha value is -2.96. The van der Waals surface area contributed by atoms with Gasteiger partial charge in [-0.05, 0) is 45.7 Å². The molecule has 0 saturated carbocycles. The predicted octanol–water partition coefficient (Wildman–Crippen LogP) is 3.04. The van der Waals surface area contributed by atoms with Crippen LogP contribution in [0.3, 0.4) is 0 Å². The minimum absolute atomic E-state index is 0.378. The standard InChI is InChI=1S/C20H23N5O2/c1-12-6-8-16(9-7-12)25-14(3)17-13(2)21-22-19(18(17)23-25)24-10-4-5-15(11-24)20(26)27/h6-9,15H,4-5,10-11H2,1-3H3,(H,26,27). The zero-order chi connectivity index (χ0) is 19.1. The lowest BCUT2D eigenvalue weighted by Gasteiger charge is -2.31. The number of carboxylic acids is 1. The lowest BCUT2D eigenvalue weighted by atomic mass is 9.98. The molecule has 1 atom stereocenters. The zero-order valence-electron chi connectivity index (χ0n) is 15.8. The highest BCUT2D eigenvalue weighted by Gasteiger charge is 2.29. The van der Waals surface area contributed by atoms with E-state index in [1.807, 2.05) is 35.6 Å². The fourth-order valence-electron chi connectivity index (χ4n) is 3.83. The van der Waals surface area contributed by atoms with Gasteiger partial charge in [0.25, 0.3) is 0 Å². The molecule has 27 heavy (non-hydrogen) atoms. The number of benzene rings is 1. The quantitative estimate of drug-likeness (QED) is 0.768. The Kier molecular flexibility index (Phi) is 4.30. The molecule has 1 unspecified atom stereocenters. The normalized spacial score (nSPS) is 17.4. The summed E-state index contributed by atoms with van der Waals surface area (Å²) in [7, 11) is 0. The average Bonchev–Trinajstić information content (AvgIpc) is 3.01. The molecule has 1 aromatic carbocycles. The molecule has 0 aliphatic carbocycles. The minimum atomic E-state index is -0.752. The molecular formula is C20H23N5O2. The average molecular weight is 365 g/mol. The number of fused-ring (bicyclic) bond motifs is 1. The van der Waals surface area contributed by atoms with Crippen LogP contribution in [0.2, 0.25) is 0 Å². The molecular weight excluding hydrogens is 342 g/mol. The van der Waals surface area contributed by atoms with Gasteiger partial charge in [0.2, 0.25) is 0 Å². The molecule has 3 aromatic rings. The van der Waals surface area contributed by atoms with Crippen LogP contribution in [-0.4, -0.2) is 44.1 Å². The Bertz CT molecular complexity index is 1010. The van der Waals surface area contributed by atoms with Crippen LogP contribution in [-0.2, 0) is 4.79 Å². The van der Waals surface area contributed by atoms with E-state index in [2.05, 4.69) is 29.3 Å². The van der Waals surface area contributed by atoms with Crippen molar-refractivity contribution in [3.63, 3.8) is 0 Å². The number of carboxylic acid groups (broad SMARTS) is 1. The molecule has 3 heterocycles. The number of rotatable bonds is 3. The predicted molar refractivity (Wildman–Crippen MR) is 103 cm³/mol. The Morgan fingerprint density at radius 3 is 2.59 bits per heavy atom. The van der Waals surface area contributed by atoms with Crippen molar-refractivity contribution in [2.24, 2.45) is 5.92 Å². The second kappa shape index (κ2) is 6.64. The largest absolute Gasteiger partial charge is 0.481 e. The van der Waals surface area contributed by atoms with Crippen molar-refractivity contribution in [2.75, 3.05) is 18.0 Å². The second-order valence-corrected chi connectivity index (χ2v) is 7.29. The molecule has 1 fully saturated rings. The Labute approximate surface area is 157 Å². The smallest absolute Gasteiger partial charge is 0.308 e. The van der Waals surface area contributed by atoms with Crippen LogP contribution >= 0.6 is 0 Å². The van der Waals surface area contributed by atoms with Gasteiger partial charge in [-0.1, -0.05) is 17.7 Å². The maximum atomic E-state index is 11.4. The van der Waals surface area contributed by atoms with Crippen LogP contribution < -0.4 is 4.90 Å². The van der Waals surface area contributed by atoms with Crippen molar-refractivity contribution in [1.82, 2.24) is 20.0 Å². The number of hydrogen-bond donors (Lipinski definition) is 1. The number of aryl methyl sites for hydroxylation is 3. The van der Waals surface area contributed by atoms with Crippen molar-refractivity contribution in [3.05, 3.63) is 41.2 Å². The highest BCUT2D eigenvalue weighted by atomic mass is 16.4. The molecule has 7 nitrogen and oxygen atoms in total. The van der Waals surface area contributed by atoms with Crippen LogP contribution in [0.4, 0.5) is 5.82 Å². The molecule has 0 bridgehead atoms. The lowest BCUT2D eigenvalue weighted by molar-refractivity contribution is -0.141. The van der Waals surface area contributed by atoms with Crippen LogP contribution in [0, 0.1) is 26.7 Å². The van der Waals surface area contributed by atoms with E-state index in [0.717, 1.165) is 40.9 Å². The molecule has 4 rings (SSSR count). The number of carbonyl (C=O) groups is 1. The van der Waals surface area contributed by atoms with E-state index >= 15 is 0 Å². The summed E-state index contributed by atoms with van der Waals surface area (Å²) in [5, 5.41) is 24.0. The topological polar surface area (TPSA) is 84.1 Å². The van der Waals surface area contributed by atoms with Crippen molar-refractivity contribution in [1.29, 1.82) is 0 Å². The fraction of sp³-hybridized carbons (Fsp3) is 0.400. The fourth-order valence-corrected chi connectivity index (χ4v) is 3.83. The van der Waals surface area contributed by atoms with Gasteiger partial charge in [0.1, 0.15) is 5.52 Å². The van der Waals surface area contributed by atoms with Crippen molar-refractivity contribution < 1.29 is 9.90 Å². The van der Waals surface area contributed by atoms with Crippen LogP contribution in [0.1, 0.15) is 29.8 Å². The second-order valence-electron chi connectivity index (χ2n) is 7.29. The first-order valence-corrected chi connectivity index (χ1v) is 9.23. The molecule has 1 N–H and O–H groups in total. The third-order valence-electron chi connectivity index (χ3n) is 5.33. The highest BCUT2D eigenvalue weighted by Crippen LogP contribution is 2.31. The van der Waals surface area contributed by atoms with Crippen molar-refractivity contribution >= 4 is 22.7 Å². The molecule has 7 heteroatoms. The van der Waals surface area contributed by atoms with E-state index in [4.69, 9.17) is 5.10 Å². The summed E-state index contributed by atoms with van der Waals surface area (Å²) < 4.78 is 1.92. The van der Waals surface area contributed by atoms with Gasteiger partial charge in [0, 0.05) is 13.1 Å². The minimum Gasteiger partial charge on any atom is -0.481 e. The van der Waals surface area contributed by atoms with Gasteiger partial charge in [-0.2, -0.15) is 10.2 Å². The Morgan fingerprint density at radius 1 is 1.15 bits per heavy atom. The summed E-state index contributed by atoms with van der Waals surface area (Å²) in [6, 6.07) is 8.22. The van der Waals surface area contributed by atoms with Gasteiger partial charge in [0.05, 0.1) is 28.4 Å². The van der Waals surface area contributed by atoms with E-state index in [-0.39, 0.29) is 5.92 Å². The van der Waals surface area contributed by atoms with Crippen LogP contribution in [0.5, 0.6) is 0 Å². The van der Waals surface area contributed by atoms with Gasteiger partial charge < -0.3 is 10.0 Å². The summed E-state index contributed by atoms with van der Waals surface area (Å²) in [5.41, 5.74) is 4.81. The van der Waals surface area contributed by atoms with E-state index < -0.39 is 5.97 Å². The van der Waals surface area contributed by atoms with E-state index in [0.29, 0.717) is 18.8 Å². The van der Waals surface area contributed by atoms with E-state index in [1.165, 1.54) is 5.56 Å². The van der Waals surface area contributed by atoms with Crippen LogP contribution in [0.15, 0.2) is 24.3 Å². The maximum Gasteiger partial charge on any atom is 0.308 e. The molecule has 1 aliphatic rings. The number of aliphatic carboxylic acids is 1. The number of nitrogens with zero attached hydrogens (tertiary/aromatic N) is 5. The summed E-state index contributed by atoms with van der Waals surface area (Å²) in [4.78, 5) is 13.5. The monoisotopic (exact) mass is 365 g/mol. The lowest BCUT2D eigenvalue weighted by Crippen LogP contribution is -2.39. The molecule has 0 spiro atoms. The number of anilines is 1. The third-order valence-corrected chi connectivity index (χ3v) is 5.33.